The number of aromatic nitrogens is 2. The maximum absolute atomic E-state index is 12.8. The summed E-state index contributed by atoms with van der Waals surface area (Å²) in [6.07, 6.45) is 6.86. The summed E-state index contributed by atoms with van der Waals surface area (Å²) in [5.74, 6) is 0.327. The van der Waals surface area contributed by atoms with E-state index in [1.54, 1.807) is 12.4 Å². The van der Waals surface area contributed by atoms with Gasteiger partial charge in [-0.2, -0.15) is 0 Å². The van der Waals surface area contributed by atoms with E-state index in [4.69, 9.17) is 0 Å². The van der Waals surface area contributed by atoms with Gasteiger partial charge in [-0.1, -0.05) is 0 Å². The van der Waals surface area contributed by atoms with Gasteiger partial charge in [-0.05, 0) is 31.4 Å². The highest BCUT2D eigenvalue weighted by molar-refractivity contribution is 6.05. The zero-order valence-electron chi connectivity index (χ0n) is 13.0. The van der Waals surface area contributed by atoms with Crippen molar-refractivity contribution in [3.63, 3.8) is 0 Å². The minimum atomic E-state index is 0.0513. The van der Waals surface area contributed by atoms with Crippen LogP contribution in [0.3, 0.4) is 0 Å². The number of carbonyl (C=O) groups is 2. The molecule has 0 atom stereocenters. The molecule has 0 aliphatic carbocycles. The first kappa shape index (κ1) is 14.2. The van der Waals surface area contributed by atoms with Gasteiger partial charge in [0.2, 0.25) is 5.91 Å². The molecule has 0 aromatic carbocycles. The molecule has 23 heavy (non-hydrogen) atoms. The molecule has 120 valence electrons. The number of likely N-dealkylation sites (tertiary alicyclic amines) is 2. The average Bonchev–Trinajstić information content (AvgIpc) is 3.20. The number of piperidine rings is 1. The number of fused-ring (bicyclic) bond motifs is 1. The van der Waals surface area contributed by atoms with Crippen LogP contribution in [0.1, 0.15) is 36.0 Å². The first-order valence-electron chi connectivity index (χ1n) is 8.25. The van der Waals surface area contributed by atoms with E-state index in [9.17, 15) is 9.59 Å². The second-order valence-electron chi connectivity index (χ2n) is 6.32. The molecular weight excluding hydrogens is 292 g/mol. The third-order valence-electron chi connectivity index (χ3n) is 4.98. The van der Waals surface area contributed by atoms with Gasteiger partial charge < -0.3 is 14.8 Å². The Morgan fingerprint density at radius 3 is 2.83 bits per heavy atom. The highest BCUT2D eigenvalue weighted by Crippen LogP contribution is 2.24. The number of rotatable bonds is 2. The number of H-pyrrole nitrogens is 1. The summed E-state index contributed by atoms with van der Waals surface area (Å²) >= 11 is 0. The lowest BCUT2D eigenvalue weighted by molar-refractivity contribution is -0.130. The highest BCUT2D eigenvalue weighted by Gasteiger charge is 2.32. The zero-order chi connectivity index (χ0) is 15.8. The van der Waals surface area contributed by atoms with Crippen LogP contribution in [0.15, 0.2) is 24.5 Å². The second-order valence-corrected chi connectivity index (χ2v) is 6.32. The van der Waals surface area contributed by atoms with E-state index in [0.29, 0.717) is 31.1 Å². The number of hydrogen-bond donors (Lipinski definition) is 1. The number of carbonyl (C=O) groups excluding carboxylic acids is 2. The molecular formula is C17H20N4O2. The van der Waals surface area contributed by atoms with Gasteiger partial charge in [0.25, 0.3) is 5.91 Å². The van der Waals surface area contributed by atoms with Crippen molar-refractivity contribution >= 4 is 22.8 Å². The Hall–Kier alpha value is -2.37. The van der Waals surface area contributed by atoms with Crippen LogP contribution in [-0.4, -0.2) is 57.3 Å². The maximum Gasteiger partial charge on any atom is 0.256 e. The van der Waals surface area contributed by atoms with Gasteiger partial charge in [0.15, 0.2) is 0 Å². The standard InChI is InChI=1S/C17H20N4O2/c22-15-4-2-8-21(15)12-5-9-20(10-6-12)17(23)14-11-19-16-13(14)3-1-7-18-16/h1,3,7,11-12H,2,4-6,8-10H2,(H,18,19). The van der Waals surface area contributed by atoms with Crippen molar-refractivity contribution in [2.24, 2.45) is 0 Å². The molecule has 2 fully saturated rings. The summed E-state index contributed by atoms with van der Waals surface area (Å²) in [6.45, 7) is 2.30. The number of hydrogen-bond acceptors (Lipinski definition) is 3. The van der Waals surface area contributed by atoms with Crippen LogP contribution in [0.4, 0.5) is 0 Å². The fourth-order valence-corrected chi connectivity index (χ4v) is 3.74. The Morgan fingerprint density at radius 2 is 2.09 bits per heavy atom. The van der Waals surface area contributed by atoms with Gasteiger partial charge in [0.1, 0.15) is 5.65 Å². The van der Waals surface area contributed by atoms with Crippen molar-refractivity contribution in [3.05, 3.63) is 30.1 Å². The normalized spacial score (nSPS) is 19.7. The SMILES string of the molecule is O=C(c1c[nH]c2ncccc12)N1CCC(N2CCCC2=O)CC1. The lowest BCUT2D eigenvalue weighted by Crippen LogP contribution is -2.47. The van der Waals surface area contributed by atoms with E-state index in [0.717, 1.165) is 36.8 Å². The Labute approximate surface area is 134 Å². The molecule has 0 saturated carbocycles. The number of pyridine rings is 1. The highest BCUT2D eigenvalue weighted by atomic mass is 16.2. The molecule has 2 aliphatic heterocycles. The largest absolute Gasteiger partial charge is 0.345 e. The van der Waals surface area contributed by atoms with E-state index in [1.165, 1.54) is 0 Å². The van der Waals surface area contributed by atoms with Crippen molar-refractivity contribution in [2.75, 3.05) is 19.6 Å². The number of amides is 2. The predicted octanol–water partition coefficient (Wildman–Crippen LogP) is 1.79. The van der Waals surface area contributed by atoms with Crippen LogP contribution in [0.25, 0.3) is 11.0 Å². The smallest absolute Gasteiger partial charge is 0.256 e. The molecule has 2 aliphatic rings. The van der Waals surface area contributed by atoms with Crippen LogP contribution >= 0.6 is 0 Å². The molecule has 4 rings (SSSR count). The predicted molar refractivity (Wildman–Crippen MR) is 86.0 cm³/mol. The van der Waals surface area contributed by atoms with Crippen molar-refractivity contribution in [1.82, 2.24) is 19.8 Å². The third kappa shape index (κ3) is 2.48. The molecule has 2 aromatic rings. The van der Waals surface area contributed by atoms with Gasteiger partial charge in [-0.3, -0.25) is 9.59 Å². The van der Waals surface area contributed by atoms with Crippen molar-refractivity contribution in [3.8, 4) is 0 Å². The molecule has 1 N–H and O–H groups in total. The lowest BCUT2D eigenvalue weighted by atomic mass is 10.0. The van der Waals surface area contributed by atoms with Crippen LogP contribution in [-0.2, 0) is 4.79 Å². The molecule has 2 aromatic heterocycles. The van der Waals surface area contributed by atoms with Gasteiger partial charge >= 0.3 is 0 Å². The Bertz CT molecular complexity index is 746. The fraction of sp³-hybridized carbons (Fsp3) is 0.471. The van der Waals surface area contributed by atoms with Crippen LogP contribution < -0.4 is 0 Å². The summed E-state index contributed by atoms with van der Waals surface area (Å²) in [5.41, 5.74) is 1.43. The Kier molecular flexibility index (Phi) is 3.52. The summed E-state index contributed by atoms with van der Waals surface area (Å²) in [4.78, 5) is 35.8. The molecule has 6 heteroatoms. The van der Waals surface area contributed by atoms with Crippen LogP contribution in [0, 0.1) is 0 Å². The van der Waals surface area contributed by atoms with E-state index in [1.807, 2.05) is 21.9 Å². The number of aromatic amines is 1. The van der Waals surface area contributed by atoms with E-state index in [2.05, 4.69) is 9.97 Å². The van der Waals surface area contributed by atoms with Gasteiger partial charge in [0.05, 0.1) is 5.56 Å². The first-order chi connectivity index (χ1) is 11.2. The second kappa shape index (κ2) is 5.68. The fourth-order valence-electron chi connectivity index (χ4n) is 3.74. The third-order valence-corrected chi connectivity index (χ3v) is 4.98. The topological polar surface area (TPSA) is 69.3 Å². The van der Waals surface area contributed by atoms with Gasteiger partial charge in [-0.15, -0.1) is 0 Å². The monoisotopic (exact) mass is 312 g/mol. The zero-order valence-corrected chi connectivity index (χ0v) is 13.0. The molecule has 4 heterocycles. The van der Waals surface area contributed by atoms with Crippen molar-refractivity contribution in [1.29, 1.82) is 0 Å². The van der Waals surface area contributed by atoms with E-state index < -0.39 is 0 Å². The van der Waals surface area contributed by atoms with Gasteiger partial charge in [-0.25, -0.2) is 4.98 Å². The first-order valence-corrected chi connectivity index (χ1v) is 8.25. The number of nitrogens with zero attached hydrogens (tertiary/aromatic N) is 3. The summed E-state index contributed by atoms with van der Waals surface area (Å²) in [6, 6.07) is 4.07. The summed E-state index contributed by atoms with van der Waals surface area (Å²) in [7, 11) is 0. The quantitative estimate of drug-likeness (QED) is 0.919. The Balaban J connectivity index is 1.46. The molecule has 0 bridgehead atoms. The molecule has 6 nitrogen and oxygen atoms in total. The molecule has 2 amide bonds. The maximum atomic E-state index is 12.8. The average molecular weight is 312 g/mol. The van der Waals surface area contributed by atoms with Crippen LogP contribution in [0.5, 0.6) is 0 Å². The molecule has 0 spiro atoms. The van der Waals surface area contributed by atoms with Crippen LogP contribution in [0.2, 0.25) is 0 Å². The van der Waals surface area contributed by atoms with Gasteiger partial charge in [0, 0.05) is 49.9 Å². The lowest BCUT2D eigenvalue weighted by Gasteiger charge is -2.36. The molecule has 0 radical (unpaired) electrons. The summed E-state index contributed by atoms with van der Waals surface area (Å²) < 4.78 is 0. The minimum Gasteiger partial charge on any atom is -0.345 e. The van der Waals surface area contributed by atoms with E-state index >= 15 is 0 Å². The van der Waals surface area contributed by atoms with Crippen molar-refractivity contribution in [2.45, 2.75) is 31.7 Å². The molecule has 2 saturated heterocycles. The number of nitrogens with one attached hydrogen (secondary N) is 1. The Morgan fingerprint density at radius 1 is 1.26 bits per heavy atom. The minimum absolute atomic E-state index is 0.0513. The van der Waals surface area contributed by atoms with Crippen molar-refractivity contribution < 1.29 is 9.59 Å². The van der Waals surface area contributed by atoms with E-state index in [-0.39, 0.29) is 11.8 Å². The molecule has 0 unspecified atom stereocenters. The summed E-state index contributed by atoms with van der Waals surface area (Å²) in [5, 5.41) is 0.870.